The van der Waals surface area contributed by atoms with Crippen molar-refractivity contribution in [2.45, 2.75) is 13.2 Å². The van der Waals surface area contributed by atoms with Crippen LogP contribution in [0.1, 0.15) is 11.3 Å². The van der Waals surface area contributed by atoms with E-state index in [2.05, 4.69) is 0 Å². The average Bonchev–Trinajstić information content (AvgIpc) is 2.79. The molecule has 0 atom stereocenters. The molecule has 2 aromatic rings. The molecule has 0 saturated carbocycles. The Balaban J connectivity index is 1.99. The number of hydrogen-bond donors (Lipinski definition) is 1. The van der Waals surface area contributed by atoms with E-state index in [9.17, 15) is 0 Å². The zero-order valence-corrected chi connectivity index (χ0v) is 10.5. The quantitative estimate of drug-likeness (QED) is 0.924. The van der Waals surface area contributed by atoms with Crippen molar-refractivity contribution in [1.82, 2.24) is 0 Å². The van der Waals surface area contributed by atoms with Gasteiger partial charge in [-0.3, -0.25) is 0 Å². The van der Waals surface area contributed by atoms with E-state index in [1.807, 2.05) is 6.07 Å². The molecule has 0 radical (unpaired) electrons. The summed E-state index contributed by atoms with van der Waals surface area (Å²) in [6, 6.07) is 6.96. The van der Waals surface area contributed by atoms with Crippen molar-refractivity contribution >= 4 is 23.2 Å². The lowest BCUT2D eigenvalue weighted by Crippen LogP contribution is -1.95. The molecule has 2 rings (SSSR count). The Morgan fingerprint density at radius 2 is 2.00 bits per heavy atom. The van der Waals surface area contributed by atoms with Gasteiger partial charge < -0.3 is 14.9 Å². The predicted octanol–water partition coefficient (Wildman–Crippen LogP) is 3.62. The van der Waals surface area contributed by atoms with Gasteiger partial charge >= 0.3 is 0 Å². The molecule has 0 bridgehead atoms. The van der Waals surface area contributed by atoms with Gasteiger partial charge in [-0.2, -0.15) is 0 Å². The van der Waals surface area contributed by atoms with Crippen molar-refractivity contribution < 1.29 is 9.15 Å². The molecule has 17 heavy (non-hydrogen) atoms. The molecule has 1 aromatic heterocycles. The third kappa shape index (κ3) is 3.16. The van der Waals surface area contributed by atoms with Crippen LogP contribution in [-0.2, 0) is 13.2 Å². The fraction of sp³-hybridized carbons (Fsp3) is 0.167. The number of nitrogens with two attached hydrogens (primary N) is 1. The van der Waals surface area contributed by atoms with Gasteiger partial charge in [-0.05, 0) is 18.2 Å². The highest BCUT2D eigenvalue weighted by Crippen LogP contribution is 2.26. The fourth-order valence-electron chi connectivity index (χ4n) is 1.33. The van der Waals surface area contributed by atoms with Crippen molar-refractivity contribution in [3.05, 3.63) is 51.9 Å². The Morgan fingerprint density at radius 1 is 1.18 bits per heavy atom. The lowest BCUT2D eigenvalue weighted by Gasteiger charge is -2.04. The largest absolute Gasteiger partial charge is 0.486 e. The van der Waals surface area contributed by atoms with E-state index in [-0.39, 0.29) is 0 Å². The monoisotopic (exact) mass is 271 g/mol. The highest BCUT2D eigenvalue weighted by molar-refractivity contribution is 6.42. The second-order valence-electron chi connectivity index (χ2n) is 3.49. The average molecular weight is 272 g/mol. The van der Waals surface area contributed by atoms with Crippen LogP contribution in [0.5, 0.6) is 5.75 Å². The fourth-order valence-corrected chi connectivity index (χ4v) is 1.62. The van der Waals surface area contributed by atoms with Crippen molar-refractivity contribution in [3.8, 4) is 5.75 Å². The molecule has 1 aromatic carbocycles. The Labute approximate surface area is 109 Å². The molecule has 90 valence electrons. The summed E-state index contributed by atoms with van der Waals surface area (Å²) in [6.45, 7) is 0.786. The first kappa shape index (κ1) is 12.3. The van der Waals surface area contributed by atoms with Crippen LogP contribution in [0.3, 0.4) is 0 Å². The maximum absolute atomic E-state index is 5.87. The number of hydrogen-bond acceptors (Lipinski definition) is 3. The minimum Gasteiger partial charge on any atom is -0.486 e. The molecule has 0 saturated heterocycles. The Hall–Kier alpha value is -1.16. The van der Waals surface area contributed by atoms with Crippen molar-refractivity contribution in [3.63, 3.8) is 0 Å². The van der Waals surface area contributed by atoms with Crippen LogP contribution in [0.4, 0.5) is 0 Å². The van der Waals surface area contributed by atoms with Crippen molar-refractivity contribution in [2.75, 3.05) is 0 Å². The summed E-state index contributed by atoms with van der Waals surface area (Å²) in [5, 5.41) is 0.966. The van der Waals surface area contributed by atoms with E-state index in [1.165, 1.54) is 0 Å². The van der Waals surface area contributed by atoms with E-state index >= 15 is 0 Å². The van der Waals surface area contributed by atoms with E-state index in [4.69, 9.17) is 38.1 Å². The zero-order chi connectivity index (χ0) is 12.3. The lowest BCUT2D eigenvalue weighted by molar-refractivity contribution is 0.270. The summed E-state index contributed by atoms with van der Waals surface area (Å²) in [4.78, 5) is 0. The number of benzene rings is 1. The van der Waals surface area contributed by atoms with Gasteiger partial charge in [0.15, 0.2) is 0 Å². The first-order chi connectivity index (χ1) is 8.19. The second-order valence-corrected chi connectivity index (χ2v) is 4.30. The third-order valence-corrected chi connectivity index (χ3v) is 2.95. The number of halogens is 2. The first-order valence-corrected chi connectivity index (χ1v) is 5.79. The number of ether oxygens (including phenoxy) is 1. The maximum Gasteiger partial charge on any atom is 0.146 e. The summed E-state index contributed by atoms with van der Waals surface area (Å²) < 4.78 is 10.8. The van der Waals surface area contributed by atoms with Crippen LogP contribution in [-0.4, -0.2) is 0 Å². The van der Waals surface area contributed by atoms with E-state index in [0.717, 1.165) is 11.3 Å². The highest BCUT2D eigenvalue weighted by Gasteiger charge is 2.03. The minimum atomic E-state index is 0.331. The van der Waals surface area contributed by atoms with Crippen LogP contribution in [0.15, 0.2) is 34.9 Å². The standard InChI is InChI=1S/C12H11Cl2NO2/c13-11-2-1-9(4-12(11)14)17-7-10-3-8(5-15)6-16-10/h1-4,6H,5,7,15H2. The van der Waals surface area contributed by atoms with Gasteiger partial charge in [0.25, 0.3) is 0 Å². The molecule has 3 nitrogen and oxygen atoms in total. The third-order valence-electron chi connectivity index (χ3n) is 2.22. The summed E-state index contributed by atoms with van der Waals surface area (Å²) in [5.74, 6) is 1.36. The minimum absolute atomic E-state index is 0.331. The molecule has 0 aliphatic heterocycles. The summed E-state index contributed by atoms with van der Waals surface area (Å²) >= 11 is 11.7. The normalized spacial score (nSPS) is 10.5. The van der Waals surface area contributed by atoms with Crippen LogP contribution in [0, 0.1) is 0 Å². The van der Waals surface area contributed by atoms with E-state index < -0.39 is 0 Å². The SMILES string of the molecule is NCc1coc(COc2ccc(Cl)c(Cl)c2)c1. The Kier molecular flexibility index (Phi) is 3.94. The molecular weight excluding hydrogens is 261 g/mol. The molecule has 2 N–H and O–H groups in total. The molecule has 0 amide bonds. The van der Waals surface area contributed by atoms with E-state index in [0.29, 0.717) is 28.9 Å². The summed E-state index contributed by atoms with van der Waals surface area (Å²) in [7, 11) is 0. The highest BCUT2D eigenvalue weighted by atomic mass is 35.5. The van der Waals surface area contributed by atoms with Crippen LogP contribution >= 0.6 is 23.2 Å². The molecule has 0 fully saturated rings. The molecular formula is C12H11Cl2NO2. The van der Waals surface area contributed by atoms with Crippen molar-refractivity contribution in [2.24, 2.45) is 5.73 Å². The molecule has 1 heterocycles. The van der Waals surface area contributed by atoms with Gasteiger partial charge in [-0.25, -0.2) is 0 Å². The van der Waals surface area contributed by atoms with Gasteiger partial charge in [0, 0.05) is 18.2 Å². The van der Waals surface area contributed by atoms with Crippen LogP contribution < -0.4 is 10.5 Å². The van der Waals surface area contributed by atoms with E-state index in [1.54, 1.807) is 24.5 Å². The summed E-state index contributed by atoms with van der Waals surface area (Å²) in [6.07, 6.45) is 1.62. The Bertz CT molecular complexity index is 511. The topological polar surface area (TPSA) is 48.4 Å². The number of rotatable bonds is 4. The number of furan rings is 1. The molecule has 0 aliphatic carbocycles. The molecule has 5 heteroatoms. The Morgan fingerprint density at radius 3 is 2.65 bits per heavy atom. The maximum atomic E-state index is 5.87. The predicted molar refractivity (Wildman–Crippen MR) is 67.4 cm³/mol. The van der Waals surface area contributed by atoms with Crippen LogP contribution in [0.25, 0.3) is 0 Å². The smallest absolute Gasteiger partial charge is 0.146 e. The molecule has 0 spiro atoms. The van der Waals surface area contributed by atoms with Gasteiger partial charge in [-0.15, -0.1) is 0 Å². The second kappa shape index (κ2) is 5.45. The first-order valence-electron chi connectivity index (χ1n) is 5.03. The van der Waals surface area contributed by atoms with Crippen LogP contribution in [0.2, 0.25) is 10.0 Å². The van der Waals surface area contributed by atoms with Gasteiger partial charge in [-0.1, -0.05) is 23.2 Å². The van der Waals surface area contributed by atoms with Crippen molar-refractivity contribution in [1.29, 1.82) is 0 Å². The lowest BCUT2D eigenvalue weighted by atomic mass is 10.3. The van der Waals surface area contributed by atoms with Gasteiger partial charge in [0.2, 0.25) is 0 Å². The zero-order valence-electron chi connectivity index (χ0n) is 8.95. The molecule has 0 aliphatic rings. The van der Waals surface area contributed by atoms with Gasteiger partial charge in [0.1, 0.15) is 18.1 Å². The molecule has 0 unspecified atom stereocenters. The van der Waals surface area contributed by atoms with Gasteiger partial charge in [0.05, 0.1) is 16.3 Å². The summed E-state index contributed by atoms with van der Waals surface area (Å²) in [5.41, 5.74) is 6.42.